The molecule has 0 aliphatic rings. The molecule has 0 heterocycles. The third-order valence-electron chi connectivity index (χ3n) is 2.70. The van der Waals surface area contributed by atoms with Crippen LogP contribution in [0.5, 0.6) is 11.5 Å². The molecule has 0 unspecified atom stereocenters. The normalized spacial score (nSPS) is 11.0. The van der Waals surface area contributed by atoms with E-state index in [9.17, 15) is 18.0 Å². The summed E-state index contributed by atoms with van der Waals surface area (Å²) in [6.07, 6.45) is -4.75. The minimum absolute atomic E-state index is 0.273. The molecule has 0 atom stereocenters. The van der Waals surface area contributed by atoms with Crippen LogP contribution in [0.2, 0.25) is 0 Å². The first kappa shape index (κ1) is 14.9. The van der Waals surface area contributed by atoms with Crippen LogP contribution in [-0.4, -0.2) is 19.3 Å². The van der Waals surface area contributed by atoms with Crippen molar-refractivity contribution in [1.82, 2.24) is 0 Å². The summed E-state index contributed by atoms with van der Waals surface area (Å²) >= 11 is 0. The van der Waals surface area contributed by atoms with E-state index in [-0.39, 0.29) is 17.1 Å². The standard InChI is InChI=1S/C15H11F3O3/c1-20-12-6-2-10(3-7-12)14(19)11-4-8-13(9-5-11)21-15(16,17)18/h2-9H,1H3. The van der Waals surface area contributed by atoms with Crippen LogP contribution in [0, 0.1) is 0 Å². The molecule has 6 heteroatoms. The fourth-order valence-corrected chi connectivity index (χ4v) is 1.72. The minimum Gasteiger partial charge on any atom is -0.497 e. The van der Waals surface area contributed by atoms with Crippen LogP contribution in [0.3, 0.4) is 0 Å². The topological polar surface area (TPSA) is 35.5 Å². The highest BCUT2D eigenvalue weighted by atomic mass is 19.4. The van der Waals surface area contributed by atoms with Gasteiger partial charge in [-0.05, 0) is 48.5 Å². The molecule has 0 amide bonds. The maximum Gasteiger partial charge on any atom is 0.573 e. The van der Waals surface area contributed by atoms with E-state index >= 15 is 0 Å². The summed E-state index contributed by atoms with van der Waals surface area (Å²) in [7, 11) is 1.51. The predicted molar refractivity (Wildman–Crippen MR) is 69.6 cm³/mol. The minimum atomic E-state index is -4.75. The molecule has 0 bridgehead atoms. The summed E-state index contributed by atoms with van der Waals surface area (Å²) in [6.45, 7) is 0. The first-order valence-corrected chi connectivity index (χ1v) is 5.93. The maximum absolute atomic E-state index is 12.1. The quantitative estimate of drug-likeness (QED) is 0.804. The molecule has 0 aromatic heterocycles. The number of alkyl halides is 3. The lowest BCUT2D eigenvalue weighted by Gasteiger charge is -2.09. The number of hydrogen-bond acceptors (Lipinski definition) is 3. The second-order valence-electron chi connectivity index (χ2n) is 4.13. The number of benzene rings is 2. The molecule has 0 N–H and O–H groups in total. The van der Waals surface area contributed by atoms with Gasteiger partial charge in [0.05, 0.1) is 7.11 Å². The summed E-state index contributed by atoms with van der Waals surface area (Å²) < 4.78 is 44.8. The molecule has 3 nitrogen and oxygen atoms in total. The van der Waals surface area contributed by atoms with Crippen LogP contribution >= 0.6 is 0 Å². The van der Waals surface area contributed by atoms with E-state index in [0.29, 0.717) is 11.3 Å². The number of carbonyl (C=O) groups is 1. The van der Waals surface area contributed by atoms with E-state index in [1.54, 1.807) is 24.3 Å². The predicted octanol–water partition coefficient (Wildman–Crippen LogP) is 3.82. The monoisotopic (exact) mass is 296 g/mol. The lowest BCUT2D eigenvalue weighted by Crippen LogP contribution is -2.17. The number of ketones is 1. The summed E-state index contributed by atoms with van der Waals surface area (Å²) in [6, 6.07) is 11.2. The van der Waals surface area contributed by atoms with Gasteiger partial charge in [-0.15, -0.1) is 13.2 Å². The van der Waals surface area contributed by atoms with E-state index < -0.39 is 6.36 Å². The molecule has 0 saturated heterocycles. The molecular weight excluding hydrogens is 285 g/mol. The molecule has 2 rings (SSSR count). The second-order valence-corrected chi connectivity index (χ2v) is 4.13. The summed E-state index contributed by atoms with van der Waals surface area (Å²) in [5.74, 6) is -0.0505. The van der Waals surface area contributed by atoms with Gasteiger partial charge in [0.15, 0.2) is 5.78 Å². The van der Waals surface area contributed by atoms with E-state index in [4.69, 9.17) is 4.74 Å². The maximum atomic E-state index is 12.1. The largest absolute Gasteiger partial charge is 0.573 e. The summed E-state index contributed by atoms with van der Waals surface area (Å²) in [4.78, 5) is 12.1. The number of hydrogen-bond donors (Lipinski definition) is 0. The number of carbonyl (C=O) groups excluding carboxylic acids is 1. The highest BCUT2D eigenvalue weighted by molar-refractivity contribution is 6.09. The lowest BCUT2D eigenvalue weighted by molar-refractivity contribution is -0.274. The van der Waals surface area contributed by atoms with Crippen molar-refractivity contribution in [2.24, 2.45) is 0 Å². The fourth-order valence-electron chi connectivity index (χ4n) is 1.72. The first-order chi connectivity index (χ1) is 9.89. The van der Waals surface area contributed by atoms with Crippen molar-refractivity contribution in [2.75, 3.05) is 7.11 Å². The molecule has 0 spiro atoms. The number of ether oxygens (including phenoxy) is 2. The van der Waals surface area contributed by atoms with Crippen LogP contribution in [0.4, 0.5) is 13.2 Å². The van der Waals surface area contributed by atoms with Crippen molar-refractivity contribution in [1.29, 1.82) is 0 Å². The number of methoxy groups -OCH3 is 1. The fraction of sp³-hybridized carbons (Fsp3) is 0.133. The third-order valence-corrected chi connectivity index (χ3v) is 2.70. The average molecular weight is 296 g/mol. The Morgan fingerprint density at radius 1 is 0.857 bits per heavy atom. The van der Waals surface area contributed by atoms with Crippen LogP contribution in [0.25, 0.3) is 0 Å². The Bertz CT molecular complexity index is 616. The zero-order valence-electron chi connectivity index (χ0n) is 11.0. The van der Waals surface area contributed by atoms with E-state index in [1.165, 1.54) is 19.2 Å². The molecule has 110 valence electrons. The number of rotatable bonds is 4. The van der Waals surface area contributed by atoms with E-state index in [1.807, 2.05) is 0 Å². The smallest absolute Gasteiger partial charge is 0.497 e. The van der Waals surface area contributed by atoms with Crippen molar-refractivity contribution in [3.8, 4) is 11.5 Å². The Morgan fingerprint density at radius 2 is 1.29 bits per heavy atom. The summed E-state index contributed by atoms with van der Waals surface area (Å²) in [5.41, 5.74) is 0.690. The second kappa shape index (κ2) is 5.87. The van der Waals surface area contributed by atoms with Gasteiger partial charge in [0.1, 0.15) is 11.5 Å². The molecule has 0 aliphatic carbocycles. The molecule has 0 saturated carbocycles. The van der Waals surface area contributed by atoms with Gasteiger partial charge in [-0.25, -0.2) is 0 Å². The van der Waals surface area contributed by atoms with Crippen LogP contribution < -0.4 is 9.47 Å². The van der Waals surface area contributed by atoms with Gasteiger partial charge in [0, 0.05) is 11.1 Å². The van der Waals surface area contributed by atoms with Crippen LogP contribution in [0.15, 0.2) is 48.5 Å². The van der Waals surface area contributed by atoms with Gasteiger partial charge in [-0.1, -0.05) is 0 Å². The zero-order chi connectivity index (χ0) is 15.5. The highest BCUT2D eigenvalue weighted by Gasteiger charge is 2.31. The Labute approximate surface area is 118 Å². The molecular formula is C15H11F3O3. The van der Waals surface area contributed by atoms with Crippen molar-refractivity contribution >= 4 is 5.78 Å². The van der Waals surface area contributed by atoms with Crippen LogP contribution in [0.1, 0.15) is 15.9 Å². The Morgan fingerprint density at radius 3 is 1.67 bits per heavy atom. The Hall–Kier alpha value is -2.50. The van der Waals surface area contributed by atoms with Crippen LogP contribution in [-0.2, 0) is 0 Å². The SMILES string of the molecule is COc1ccc(C(=O)c2ccc(OC(F)(F)F)cc2)cc1. The van der Waals surface area contributed by atoms with Gasteiger partial charge in [-0.2, -0.15) is 0 Å². The van der Waals surface area contributed by atoms with Crippen molar-refractivity contribution in [3.63, 3.8) is 0 Å². The molecule has 0 radical (unpaired) electrons. The average Bonchev–Trinajstić information content (AvgIpc) is 2.46. The van der Waals surface area contributed by atoms with Crippen molar-refractivity contribution in [3.05, 3.63) is 59.7 Å². The highest BCUT2D eigenvalue weighted by Crippen LogP contribution is 2.23. The third kappa shape index (κ3) is 3.98. The number of halogens is 3. The van der Waals surface area contributed by atoms with Crippen molar-refractivity contribution in [2.45, 2.75) is 6.36 Å². The molecule has 0 fully saturated rings. The Balaban J connectivity index is 2.15. The van der Waals surface area contributed by atoms with E-state index in [0.717, 1.165) is 12.1 Å². The molecule has 21 heavy (non-hydrogen) atoms. The summed E-state index contributed by atoms with van der Waals surface area (Å²) in [5, 5.41) is 0. The van der Waals surface area contributed by atoms with Gasteiger partial charge >= 0.3 is 6.36 Å². The Kier molecular flexibility index (Phi) is 4.16. The van der Waals surface area contributed by atoms with E-state index in [2.05, 4.69) is 4.74 Å². The first-order valence-electron chi connectivity index (χ1n) is 5.93. The zero-order valence-corrected chi connectivity index (χ0v) is 11.0. The molecule has 2 aromatic rings. The van der Waals surface area contributed by atoms with Gasteiger partial charge in [0.25, 0.3) is 0 Å². The van der Waals surface area contributed by atoms with Gasteiger partial charge < -0.3 is 9.47 Å². The molecule has 0 aliphatic heterocycles. The van der Waals surface area contributed by atoms with Crippen molar-refractivity contribution < 1.29 is 27.4 Å². The van der Waals surface area contributed by atoms with Gasteiger partial charge in [-0.3, -0.25) is 4.79 Å². The van der Waals surface area contributed by atoms with Gasteiger partial charge in [0.2, 0.25) is 0 Å². The lowest BCUT2D eigenvalue weighted by atomic mass is 10.0. The molecule has 2 aromatic carbocycles.